The number of sulfonamides is 1. The molecule has 0 bridgehead atoms. The van der Waals surface area contributed by atoms with Gasteiger partial charge >= 0.3 is 0 Å². The first kappa shape index (κ1) is 18.0. The third-order valence-electron chi connectivity index (χ3n) is 3.39. The molecule has 0 aromatic heterocycles. The minimum Gasteiger partial charge on any atom is -0.497 e. The second kappa shape index (κ2) is 7.94. The Morgan fingerprint density at radius 1 is 1.12 bits per heavy atom. The molecule has 0 aliphatic carbocycles. The van der Waals surface area contributed by atoms with Crippen LogP contribution in [0.1, 0.15) is 5.56 Å². The van der Waals surface area contributed by atoms with Gasteiger partial charge in [0.05, 0.1) is 19.4 Å². The van der Waals surface area contributed by atoms with E-state index in [2.05, 4.69) is 5.32 Å². The van der Waals surface area contributed by atoms with E-state index in [1.54, 1.807) is 48.5 Å². The largest absolute Gasteiger partial charge is 0.497 e. The summed E-state index contributed by atoms with van der Waals surface area (Å²) in [6.07, 6.45) is 0. The van der Waals surface area contributed by atoms with Crippen LogP contribution in [0.25, 0.3) is 0 Å². The Labute approximate surface area is 142 Å². The molecule has 0 unspecified atom stereocenters. The van der Waals surface area contributed by atoms with Gasteiger partial charge in [-0.3, -0.25) is 4.79 Å². The molecule has 0 spiro atoms. The van der Waals surface area contributed by atoms with E-state index in [9.17, 15) is 13.2 Å². The minimum absolute atomic E-state index is 0.142. The Bertz CT molecular complexity index is 791. The van der Waals surface area contributed by atoms with Crippen molar-refractivity contribution in [1.82, 2.24) is 4.31 Å². The van der Waals surface area contributed by atoms with E-state index in [4.69, 9.17) is 4.74 Å². The van der Waals surface area contributed by atoms with Gasteiger partial charge in [-0.25, -0.2) is 8.42 Å². The molecule has 1 N–H and O–H groups in total. The number of nitrogens with zero attached hydrogens (tertiary/aromatic N) is 1. The first-order valence-electron chi connectivity index (χ1n) is 7.32. The van der Waals surface area contributed by atoms with E-state index >= 15 is 0 Å². The monoisotopic (exact) mass is 348 g/mol. The van der Waals surface area contributed by atoms with E-state index in [1.807, 2.05) is 6.07 Å². The molecule has 7 heteroatoms. The number of amides is 1. The van der Waals surface area contributed by atoms with Crippen LogP contribution in [0.15, 0.2) is 54.6 Å². The zero-order valence-electron chi connectivity index (χ0n) is 13.6. The van der Waals surface area contributed by atoms with Crippen molar-refractivity contribution in [3.05, 3.63) is 60.2 Å². The Morgan fingerprint density at radius 3 is 2.50 bits per heavy atom. The maximum absolute atomic E-state index is 12.3. The number of hydrogen-bond donors (Lipinski definition) is 1. The number of ether oxygens (including phenoxy) is 1. The number of anilines is 1. The molecule has 1 amide bonds. The maximum Gasteiger partial charge on any atom is 0.239 e. The summed E-state index contributed by atoms with van der Waals surface area (Å²) in [5, 5.41) is 2.66. The highest BCUT2D eigenvalue weighted by atomic mass is 32.2. The van der Waals surface area contributed by atoms with Crippen LogP contribution in [0.4, 0.5) is 5.69 Å². The van der Waals surface area contributed by atoms with Gasteiger partial charge in [-0.15, -0.1) is 0 Å². The molecule has 0 saturated carbocycles. The lowest BCUT2D eigenvalue weighted by atomic mass is 10.2. The summed E-state index contributed by atoms with van der Waals surface area (Å²) < 4.78 is 30.8. The number of methoxy groups -OCH3 is 1. The second-order valence-corrected chi connectivity index (χ2v) is 7.35. The summed E-state index contributed by atoms with van der Waals surface area (Å²) in [7, 11) is -0.641. The normalized spacial score (nSPS) is 11.3. The summed E-state index contributed by atoms with van der Waals surface area (Å²) in [4.78, 5) is 12.1. The van der Waals surface area contributed by atoms with Gasteiger partial charge in [0.15, 0.2) is 0 Å². The highest BCUT2D eigenvalue weighted by Gasteiger charge is 2.21. The van der Waals surface area contributed by atoms with Crippen LogP contribution in [0, 0.1) is 0 Å². The van der Waals surface area contributed by atoms with E-state index in [1.165, 1.54) is 14.2 Å². The van der Waals surface area contributed by atoms with E-state index in [0.29, 0.717) is 17.0 Å². The summed E-state index contributed by atoms with van der Waals surface area (Å²) >= 11 is 0. The van der Waals surface area contributed by atoms with Gasteiger partial charge in [-0.2, -0.15) is 4.31 Å². The van der Waals surface area contributed by atoms with Gasteiger partial charge in [0, 0.05) is 18.8 Å². The van der Waals surface area contributed by atoms with Gasteiger partial charge in [0.1, 0.15) is 5.75 Å². The fourth-order valence-electron chi connectivity index (χ4n) is 2.10. The van der Waals surface area contributed by atoms with Crippen molar-refractivity contribution in [3.8, 4) is 5.75 Å². The van der Waals surface area contributed by atoms with Gasteiger partial charge in [-0.05, 0) is 17.7 Å². The zero-order valence-corrected chi connectivity index (χ0v) is 14.4. The van der Waals surface area contributed by atoms with Crippen LogP contribution in [0.2, 0.25) is 0 Å². The standard InChI is InChI=1S/C17H20N2O4S/c1-19(24(21,22)13-14-7-4-3-5-8-14)12-17(20)18-15-9-6-10-16(11-15)23-2/h3-11H,12-13H2,1-2H3,(H,18,20). The third kappa shape index (κ3) is 5.07. The summed E-state index contributed by atoms with van der Waals surface area (Å²) in [5.41, 5.74) is 1.23. The predicted octanol–water partition coefficient (Wildman–Crippen LogP) is 2.10. The summed E-state index contributed by atoms with van der Waals surface area (Å²) in [6.45, 7) is -0.258. The number of likely N-dealkylation sites (N-methyl/N-ethyl adjacent to an activating group) is 1. The molecule has 2 aromatic rings. The Morgan fingerprint density at radius 2 is 1.83 bits per heavy atom. The molecular weight excluding hydrogens is 328 g/mol. The van der Waals surface area contributed by atoms with Gasteiger partial charge in [0.25, 0.3) is 0 Å². The minimum atomic E-state index is -3.57. The molecule has 0 heterocycles. The van der Waals surface area contributed by atoms with Gasteiger partial charge in [-0.1, -0.05) is 36.4 Å². The van der Waals surface area contributed by atoms with Gasteiger partial charge in [0.2, 0.25) is 15.9 Å². The van der Waals surface area contributed by atoms with Crippen molar-refractivity contribution in [3.63, 3.8) is 0 Å². The molecule has 0 aliphatic heterocycles. The molecular formula is C17H20N2O4S. The molecule has 0 radical (unpaired) electrons. The van der Waals surface area contributed by atoms with Crippen LogP contribution in [-0.4, -0.2) is 39.3 Å². The van der Waals surface area contributed by atoms with Crippen LogP contribution in [0.5, 0.6) is 5.75 Å². The van der Waals surface area contributed by atoms with Crippen molar-refractivity contribution in [2.45, 2.75) is 5.75 Å². The SMILES string of the molecule is COc1cccc(NC(=O)CN(C)S(=O)(=O)Cc2ccccc2)c1. The van der Waals surface area contributed by atoms with E-state index in [0.717, 1.165) is 4.31 Å². The third-order valence-corrected chi connectivity index (χ3v) is 5.16. The number of benzene rings is 2. The smallest absolute Gasteiger partial charge is 0.239 e. The lowest BCUT2D eigenvalue weighted by Gasteiger charge is -2.17. The molecule has 2 aromatic carbocycles. The molecule has 0 fully saturated rings. The van der Waals surface area contributed by atoms with Crippen molar-refractivity contribution < 1.29 is 17.9 Å². The first-order chi connectivity index (χ1) is 11.4. The van der Waals surface area contributed by atoms with Crippen LogP contribution in [0.3, 0.4) is 0 Å². The molecule has 0 saturated heterocycles. The van der Waals surface area contributed by atoms with Crippen LogP contribution in [-0.2, 0) is 20.6 Å². The van der Waals surface area contributed by atoms with Crippen molar-refractivity contribution >= 4 is 21.6 Å². The highest BCUT2D eigenvalue weighted by molar-refractivity contribution is 7.88. The molecule has 2 rings (SSSR count). The number of hydrogen-bond acceptors (Lipinski definition) is 4. The van der Waals surface area contributed by atoms with Gasteiger partial charge < -0.3 is 10.1 Å². The second-order valence-electron chi connectivity index (χ2n) is 5.28. The lowest BCUT2D eigenvalue weighted by molar-refractivity contribution is -0.116. The quantitative estimate of drug-likeness (QED) is 0.831. The molecule has 24 heavy (non-hydrogen) atoms. The Balaban J connectivity index is 1.97. The highest BCUT2D eigenvalue weighted by Crippen LogP contribution is 2.17. The van der Waals surface area contributed by atoms with Crippen molar-refractivity contribution in [2.75, 3.05) is 26.0 Å². The Hall–Kier alpha value is -2.38. The average Bonchev–Trinajstić information content (AvgIpc) is 2.55. The summed E-state index contributed by atoms with van der Waals surface area (Å²) in [5.74, 6) is 0.0526. The number of carbonyl (C=O) groups is 1. The number of rotatable bonds is 7. The molecule has 0 atom stereocenters. The molecule has 0 aliphatic rings. The lowest BCUT2D eigenvalue weighted by Crippen LogP contribution is -2.35. The molecule has 128 valence electrons. The van der Waals surface area contributed by atoms with Crippen LogP contribution < -0.4 is 10.1 Å². The average molecular weight is 348 g/mol. The van der Waals surface area contributed by atoms with E-state index in [-0.39, 0.29) is 12.3 Å². The van der Waals surface area contributed by atoms with Crippen molar-refractivity contribution in [2.24, 2.45) is 0 Å². The Kier molecular flexibility index (Phi) is 5.94. The number of carbonyl (C=O) groups excluding carboxylic acids is 1. The fraction of sp³-hybridized carbons (Fsp3) is 0.235. The maximum atomic E-state index is 12.3. The summed E-state index contributed by atoms with van der Waals surface area (Å²) in [6, 6.07) is 15.7. The van der Waals surface area contributed by atoms with Crippen molar-refractivity contribution in [1.29, 1.82) is 0 Å². The molecule has 6 nitrogen and oxygen atoms in total. The van der Waals surface area contributed by atoms with E-state index < -0.39 is 15.9 Å². The fourth-order valence-corrected chi connectivity index (χ4v) is 3.24. The topological polar surface area (TPSA) is 75.7 Å². The zero-order chi connectivity index (χ0) is 17.6. The predicted molar refractivity (Wildman–Crippen MR) is 93.3 cm³/mol. The first-order valence-corrected chi connectivity index (χ1v) is 8.93. The van der Waals surface area contributed by atoms with Crippen LogP contribution >= 0.6 is 0 Å². The number of nitrogens with one attached hydrogen (secondary N) is 1.